The van der Waals surface area contributed by atoms with E-state index in [1.54, 1.807) is 19.2 Å². The second-order valence-corrected chi connectivity index (χ2v) is 8.32. The van der Waals surface area contributed by atoms with Gasteiger partial charge >= 0.3 is 0 Å². The highest BCUT2D eigenvalue weighted by Gasteiger charge is 2.26. The molecule has 0 radical (unpaired) electrons. The van der Waals surface area contributed by atoms with E-state index in [2.05, 4.69) is 16.8 Å². The van der Waals surface area contributed by atoms with Crippen molar-refractivity contribution in [2.45, 2.75) is 32.4 Å². The Morgan fingerprint density at radius 2 is 1.65 bits per heavy atom. The molecule has 0 saturated heterocycles. The first kappa shape index (κ1) is 23.2. The average Bonchev–Trinajstić information content (AvgIpc) is 3.21. The maximum absolute atomic E-state index is 13.4. The molecule has 0 saturated carbocycles. The number of amides is 2. The Labute approximate surface area is 198 Å². The topological polar surface area (TPSA) is 54.3 Å². The van der Waals surface area contributed by atoms with Gasteiger partial charge in [-0.05, 0) is 48.4 Å². The van der Waals surface area contributed by atoms with Gasteiger partial charge in [0.15, 0.2) is 0 Å². The van der Waals surface area contributed by atoms with Crippen LogP contribution in [0.15, 0.2) is 85.1 Å². The number of aryl methyl sites for hydroxylation is 1. The number of nitrogens with zero attached hydrogens (tertiary/aromatic N) is 2. The van der Waals surface area contributed by atoms with Crippen molar-refractivity contribution in [3.8, 4) is 0 Å². The summed E-state index contributed by atoms with van der Waals surface area (Å²) in [7, 11) is 1.63. The number of fused-ring (bicyclic) bond motifs is 1. The van der Waals surface area contributed by atoms with Crippen LogP contribution in [0.1, 0.15) is 18.1 Å². The van der Waals surface area contributed by atoms with Crippen molar-refractivity contribution in [2.75, 3.05) is 11.9 Å². The number of likely N-dealkylation sites (N-methyl/N-ethyl adjacent to an activating group) is 1. The number of hydrogen-bond acceptors (Lipinski definition) is 2. The third-order valence-electron chi connectivity index (χ3n) is 6.02. The van der Waals surface area contributed by atoms with Gasteiger partial charge in [0.05, 0.1) is 6.42 Å². The van der Waals surface area contributed by atoms with Crippen molar-refractivity contribution in [1.29, 1.82) is 0 Å². The zero-order chi connectivity index (χ0) is 24.1. The normalized spacial score (nSPS) is 11.9. The van der Waals surface area contributed by atoms with Crippen molar-refractivity contribution >= 4 is 28.4 Å². The van der Waals surface area contributed by atoms with Crippen molar-refractivity contribution in [2.24, 2.45) is 0 Å². The highest BCUT2D eigenvalue weighted by Crippen LogP contribution is 2.22. The Morgan fingerprint density at radius 1 is 0.971 bits per heavy atom. The van der Waals surface area contributed by atoms with E-state index < -0.39 is 6.04 Å². The summed E-state index contributed by atoms with van der Waals surface area (Å²) in [6.07, 6.45) is 2.53. The highest BCUT2D eigenvalue weighted by atomic mass is 19.1. The molecule has 174 valence electrons. The molecule has 0 bridgehead atoms. The number of carbonyl (C=O) groups is 2. The summed E-state index contributed by atoms with van der Waals surface area (Å²) < 4.78 is 15.5. The summed E-state index contributed by atoms with van der Waals surface area (Å²) in [5.74, 6) is -0.856. The van der Waals surface area contributed by atoms with Gasteiger partial charge in [0.25, 0.3) is 0 Å². The molecule has 1 atom stereocenters. The molecule has 4 rings (SSSR count). The predicted octanol–water partition coefficient (Wildman–Crippen LogP) is 4.73. The lowest BCUT2D eigenvalue weighted by molar-refractivity contribution is -0.127. The SMILES string of the molecule is CCn1cc(CC(=O)N[C@@H](Cc2ccccc2)C(=O)N(C)c2ccc(F)cc2)c2ccccc21. The van der Waals surface area contributed by atoms with Gasteiger partial charge in [-0.2, -0.15) is 0 Å². The molecule has 1 aromatic heterocycles. The van der Waals surface area contributed by atoms with Crippen molar-refractivity contribution < 1.29 is 14.0 Å². The lowest BCUT2D eigenvalue weighted by Crippen LogP contribution is -2.49. The number of aromatic nitrogens is 1. The highest BCUT2D eigenvalue weighted by molar-refractivity contribution is 5.99. The molecule has 0 aliphatic heterocycles. The van der Waals surface area contributed by atoms with Crippen LogP contribution in [0.25, 0.3) is 10.9 Å². The summed E-state index contributed by atoms with van der Waals surface area (Å²) in [5.41, 5.74) is 3.51. The number of benzene rings is 3. The summed E-state index contributed by atoms with van der Waals surface area (Å²) >= 11 is 0. The summed E-state index contributed by atoms with van der Waals surface area (Å²) in [6, 6.07) is 22.5. The molecular formula is C28H28FN3O2. The van der Waals surface area contributed by atoms with Crippen LogP contribution >= 0.6 is 0 Å². The molecule has 0 fully saturated rings. The first-order valence-electron chi connectivity index (χ1n) is 11.4. The van der Waals surface area contributed by atoms with Gasteiger partial charge < -0.3 is 14.8 Å². The van der Waals surface area contributed by atoms with Crippen molar-refractivity contribution in [3.63, 3.8) is 0 Å². The number of hydrogen-bond donors (Lipinski definition) is 1. The van der Waals surface area contributed by atoms with Crippen molar-refractivity contribution in [3.05, 3.63) is 102 Å². The van der Waals surface area contributed by atoms with Gasteiger partial charge in [-0.15, -0.1) is 0 Å². The number of anilines is 1. The van der Waals surface area contributed by atoms with Crippen LogP contribution in [0.3, 0.4) is 0 Å². The maximum atomic E-state index is 13.4. The van der Waals surface area contributed by atoms with E-state index in [9.17, 15) is 14.0 Å². The van der Waals surface area contributed by atoms with Crippen LogP contribution in [0.4, 0.5) is 10.1 Å². The van der Waals surface area contributed by atoms with E-state index in [1.165, 1.54) is 17.0 Å². The smallest absolute Gasteiger partial charge is 0.249 e. The second kappa shape index (κ2) is 10.3. The van der Waals surface area contributed by atoms with E-state index >= 15 is 0 Å². The molecule has 0 unspecified atom stereocenters. The zero-order valence-electron chi connectivity index (χ0n) is 19.4. The number of rotatable bonds is 8. The van der Waals surface area contributed by atoms with Crippen LogP contribution in [-0.4, -0.2) is 29.5 Å². The van der Waals surface area contributed by atoms with Crippen LogP contribution in [-0.2, 0) is 29.0 Å². The van der Waals surface area contributed by atoms with E-state index in [4.69, 9.17) is 0 Å². The van der Waals surface area contributed by atoms with Gasteiger partial charge in [-0.3, -0.25) is 9.59 Å². The van der Waals surface area contributed by atoms with Gasteiger partial charge in [-0.1, -0.05) is 48.5 Å². The molecule has 0 aliphatic rings. The third-order valence-corrected chi connectivity index (χ3v) is 6.02. The van der Waals surface area contributed by atoms with E-state index in [0.717, 1.165) is 28.6 Å². The first-order valence-corrected chi connectivity index (χ1v) is 11.4. The number of carbonyl (C=O) groups excluding carboxylic acids is 2. The van der Waals surface area contributed by atoms with Gasteiger partial charge in [0, 0.05) is 42.8 Å². The monoisotopic (exact) mass is 457 g/mol. The molecule has 0 aliphatic carbocycles. The maximum Gasteiger partial charge on any atom is 0.249 e. The Morgan fingerprint density at radius 3 is 2.35 bits per heavy atom. The number of halogens is 1. The zero-order valence-corrected chi connectivity index (χ0v) is 19.4. The molecule has 6 heteroatoms. The summed E-state index contributed by atoms with van der Waals surface area (Å²) in [6.45, 7) is 2.87. The van der Waals surface area contributed by atoms with Gasteiger partial charge in [0.1, 0.15) is 11.9 Å². The lowest BCUT2D eigenvalue weighted by Gasteiger charge is -2.25. The quantitative estimate of drug-likeness (QED) is 0.416. The molecule has 4 aromatic rings. The summed E-state index contributed by atoms with van der Waals surface area (Å²) in [4.78, 5) is 28.0. The number of nitrogens with one attached hydrogen (secondary N) is 1. The molecule has 2 amide bonds. The van der Waals surface area contributed by atoms with Gasteiger partial charge in [-0.25, -0.2) is 4.39 Å². The lowest BCUT2D eigenvalue weighted by atomic mass is 10.0. The largest absolute Gasteiger partial charge is 0.347 e. The van der Waals surface area contributed by atoms with Crippen molar-refractivity contribution in [1.82, 2.24) is 9.88 Å². The predicted molar refractivity (Wildman–Crippen MR) is 133 cm³/mol. The van der Waals surface area contributed by atoms with Crippen LogP contribution in [0.5, 0.6) is 0 Å². The molecule has 34 heavy (non-hydrogen) atoms. The molecule has 3 aromatic carbocycles. The fraction of sp³-hybridized carbons (Fsp3) is 0.214. The molecular weight excluding hydrogens is 429 g/mol. The van der Waals surface area contributed by atoms with E-state index in [0.29, 0.717) is 12.1 Å². The minimum Gasteiger partial charge on any atom is -0.347 e. The first-order chi connectivity index (χ1) is 16.5. The Bertz CT molecular complexity index is 1280. The Kier molecular flexibility index (Phi) is 7.07. The Hall–Kier alpha value is -3.93. The molecule has 5 nitrogen and oxygen atoms in total. The standard InChI is InChI=1S/C28H28FN3O2/c1-3-32-19-21(24-11-7-8-12-26(24)32)18-27(33)30-25(17-20-9-5-4-6-10-20)28(34)31(2)23-15-13-22(29)14-16-23/h4-16,19,25H,3,17-18H2,1-2H3,(H,30,33)/t25-/m0/s1. The number of para-hydroxylation sites is 1. The van der Waals surface area contributed by atoms with Crippen LogP contribution < -0.4 is 10.2 Å². The minimum absolute atomic E-state index is 0.173. The average molecular weight is 458 g/mol. The third kappa shape index (κ3) is 5.17. The van der Waals surface area contributed by atoms with E-state index in [1.807, 2.05) is 60.8 Å². The van der Waals surface area contributed by atoms with Crippen LogP contribution in [0.2, 0.25) is 0 Å². The van der Waals surface area contributed by atoms with E-state index in [-0.39, 0.29) is 24.1 Å². The molecule has 1 N–H and O–H groups in total. The second-order valence-electron chi connectivity index (χ2n) is 8.32. The minimum atomic E-state index is -0.760. The fourth-order valence-electron chi connectivity index (χ4n) is 4.22. The van der Waals surface area contributed by atoms with Crippen LogP contribution in [0, 0.1) is 5.82 Å². The molecule has 0 spiro atoms. The Balaban J connectivity index is 1.56. The summed E-state index contributed by atoms with van der Waals surface area (Å²) in [5, 5.41) is 3.99. The fourth-order valence-corrected chi connectivity index (χ4v) is 4.22. The molecule has 1 heterocycles. The van der Waals surface area contributed by atoms with Gasteiger partial charge in [0.2, 0.25) is 11.8 Å².